The molecule has 4 rings (SSSR count). The van der Waals surface area contributed by atoms with Crippen molar-refractivity contribution in [1.29, 1.82) is 0 Å². The third-order valence-corrected chi connectivity index (χ3v) is 5.56. The molecule has 0 saturated carbocycles. The maximum absolute atomic E-state index is 13.3. The van der Waals surface area contributed by atoms with Gasteiger partial charge in [0, 0.05) is 45.7 Å². The van der Waals surface area contributed by atoms with Gasteiger partial charge < -0.3 is 9.30 Å². The molecular weight excluding hydrogens is 382 g/mol. The van der Waals surface area contributed by atoms with Crippen molar-refractivity contribution < 1.29 is 4.74 Å². The summed E-state index contributed by atoms with van der Waals surface area (Å²) in [6.07, 6.45) is 4.28. The smallest absolute Gasteiger partial charge is 0.332 e. The van der Waals surface area contributed by atoms with Crippen molar-refractivity contribution in [3.05, 3.63) is 68.6 Å². The first-order valence-corrected chi connectivity index (χ1v) is 10.2. The predicted octanol–water partition coefficient (Wildman–Crippen LogP) is 2.13. The van der Waals surface area contributed by atoms with E-state index < -0.39 is 0 Å². The van der Waals surface area contributed by atoms with Crippen LogP contribution >= 0.6 is 0 Å². The average Bonchev–Trinajstić information content (AvgIpc) is 3.25. The van der Waals surface area contributed by atoms with Crippen LogP contribution in [0.4, 0.5) is 0 Å². The molecule has 0 unspecified atom stereocenters. The van der Waals surface area contributed by atoms with Crippen molar-refractivity contribution in [2.45, 2.75) is 39.3 Å². The number of hydrogen-bond acceptors (Lipinski definition) is 4. The summed E-state index contributed by atoms with van der Waals surface area (Å²) < 4.78 is 11.8. The first kappa shape index (κ1) is 20.2. The lowest BCUT2D eigenvalue weighted by atomic mass is 10.1. The SMILES string of the molecule is COCCCn1c(C)cn2c3c(=O)n(CCCc4ccccc4)c(=O)n(C)c3nc12. The summed E-state index contributed by atoms with van der Waals surface area (Å²) in [4.78, 5) is 30.8. The van der Waals surface area contributed by atoms with Crippen LogP contribution in [-0.4, -0.2) is 36.8 Å². The summed E-state index contributed by atoms with van der Waals surface area (Å²) in [5.41, 5.74) is 2.45. The molecule has 0 radical (unpaired) electrons. The van der Waals surface area contributed by atoms with E-state index in [0.717, 1.165) is 25.1 Å². The van der Waals surface area contributed by atoms with Crippen molar-refractivity contribution in [2.24, 2.45) is 7.05 Å². The monoisotopic (exact) mass is 409 g/mol. The summed E-state index contributed by atoms with van der Waals surface area (Å²) in [5.74, 6) is 0.674. The Hall–Kier alpha value is -3.13. The molecule has 3 aromatic heterocycles. The number of nitrogens with zero attached hydrogens (tertiary/aromatic N) is 5. The second kappa shape index (κ2) is 8.31. The summed E-state index contributed by atoms with van der Waals surface area (Å²) >= 11 is 0. The van der Waals surface area contributed by atoms with Crippen LogP contribution in [0.2, 0.25) is 0 Å². The van der Waals surface area contributed by atoms with E-state index >= 15 is 0 Å². The molecule has 4 aromatic rings. The molecule has 0 aliphatic carbocycles. The highest BCUT2D eigenvalue weighted by Gasteiger charge is 2.19. The fraction of sp³-hybridized carbons (Fsp3) is 0.409. The number of hydrogen-bond donors (Lipinski definition) is 0. The van der Waals surface area contributed by atoms with E-state index in [1.54, 1.807) is 14.2 Å². The molecule has 0 aliphatic rings. The zero-order valence-corrected chi connectivity index (χ0v) is 17.7. The number of benzene rings is 1. The van der Waals surface area contributed by atoms with Crippen molar-refractivity contribution in [3.8, 4) is 0 Å². The Kier molecular flexibility index (Phi) is 5.59. The second-order valence-corrected chi connectivity index (χ2v) is 7.61. The van der Waals surface area contributed by atoms with Gasteiger partial charge in [-0.2, -0.15) is 4.98 Å². The van der Waals surface area contributed by atoms with Gasteiger partial charge in [0.2, 0.25) is 5.78 Å². The maximum Gasteiger partial charge on any atom is 0.332 e. The molecular formula is C22H27N5O3. The second-order valence-electron chi connectivity index (χ2n) is 7.61. The summed E-state index contributed by atoms with van der Waals surface area (Å²) in [5, 5.41) is 0. The van der Waals surface area contributed by atoms with Crippen LogP contribution in [0.25, 0.3) is 16.9 Å². The molecule has 30 heavy (non-hydrogen) atoms. The maximum atomic E-state index is 13.3. The number of aryl methyl sites for hydroxylation is 4. The van der Waals surface area contributed by atoms with Gasteiger partial charge >= 0.3 is 5.69 Å². The minimum atomic E-state index is -0.330. The Bertz CT molecular complexity index is 1290. The van der Waals surface area contributed by atoms with Gasteiger partial charge in [0.25, 0.3) is 5.56 Å². The highest BCUT2D eigenvalue weighted by Crippen LogP contribution is 2.16. The van der Waals surface area contributed by atoms with Crippen molar-refractivity contribution in [3.63, 3.8) is 0 Å². The molecule has 0 N–H and O–H groups in total. The normalized spacial score (nSPS) is 11.7. The van der Waals surface area contributed by atoms with Crippen LogP contribution in [0, 0.1) is 6.92 Å². The summed E-state index contributed by atoms with van der Waals surface area (Å²) in [7, 11) is 3.35. The predicted molar refractivity (Wildman–Crippen MR) is 116 cm³/mol. The standard InChI is InChI=1S/C22H27N5O3/c1-16-15-27-18-19(23-21(27)25(16)13-8-14-30-3)24(2)22(29)26(20(18)28)12-7-11-17-9-5-4-6-10-17/h4-6,9-10,15H,7-8,11-14H2,1-3H3. The lowest BCUT2D eigenvalue weighted by molar-refractivity contribution is 0.190. The Morgan fingerprint density at radius 1 is 1.03 bits per heavy atom. The molecule has 0 atom stereocenters. The van der Waals surface area contributed by atoms with Crippen LogP contribution in [-0.2, 0) is 31.3 Å². The molecule has 0 bridgehead atoms. The van der Waals surface area contributed by atoms with Gasteiger partial charge in [-0.25, -0.2) is 4.79 Å². The number of rotatable bonds is 8. The summed E-state index contributed by atoms with van der Waals surface area (Å²) in [6, 6.07) is 10.1. The Morgan fingerprint density at radius 2 is 1.77 bits per heavy atom. The van der Waals surface area contributed by atoms with Gasteiger partial charge in [-0.1, -0.05) is 30.3 Å². The van der Waals surface area contributed by atoms with E-state index in [1.807, 2.05) is 35.7 Å². The van der Waals surface area contributed by atoms with Crippen LogP contribution < -0.4 is 11.2 Å². The molecule has 8 nitrogen and oxygen atoms in total. The van der Waals surface area contributed by atoms with Crippen molar-refractivity contribution in [2.75, 3.05) is 13.7 Å². The Morgan fingerprint density at radius 3 is 2.50 bits per heavy atom. The number of methoxy groups -OCH3 is 1. The van der Waals surface area contributed by atoms with Gasteiger partial charge in [0.1, 0.15) is 0 Å². The van der Waals surface area contributed by atoms with Gasteiger partial charge in [0.15, 0.2) is 11.2 Å². The van der Waals surface area contributed by atoms with Crippen molar-refractivity contribution in [1.82, 2.24) is 23.1 Å². The van der Waals surface area contributed by atoms with E-state index in [1.165, 1.54) is 14.7 Å². The molecule has 0 spiro atoms. The molecule has 158 valence electrons. The van der Waals surface area contributed by atoms with Gasteiger partial charge in [-0.15, -0.1) is 0 Å². The van der Waals surface area contributed by atoms with E-state index in [0.29, 0.717) is 36.5 Å². The summed E-state index contributed by atoms with van der Waals surface area (Å²) in [6.45, 7) is 3.75. The van der Waals surface area contributed by atoms with Crippen LogP contribution in [0.3, 0.4) is 0 Å². The first-order valence-electron chi connectivity index (χ1n) is 10.2. The number of ether oxygens (including phenoxy) is 1. The third-order valence-electron chi connectivity index (χ3n) is 5.56. The minimum absolute atomic E-state index is 0.289. The van der Waals surface area contributed by atoms with Crippen LogP contribution in [0.15, 0.2) is 46.1 Å². The lowest BCUT2D eigenvalue weighted by Crippen LogP contribution is -2.39. The van der Waals surface area contributed by atoms with E-state index in [-0.39, 0.29) is 11.2 Å². The Balaban J connectivity index is 1.73. The van der Waals surface area contributed by atoms with E-state index in [9.17, 15) is 9.59 Å². The molecule has 3 heterocycles. The molecule has 1 aromatic carbocycles. The van der Waals surface area contributed by atoms with Gasteiger partial charge in [-0.3, -0.25) is 18.3 Å². The average molecular weight is 409 g/mol. The highest BCUT2D eigenvalue weighted by atomic mass is 16.5. The largest absolute Gasteiger partial charge is 0.385 e. The van der Waals surface area contributed by atoms with E-state index in [2.05, 4.69) is 21.7 Å². The van der Waals surface area contributed by atoms with Crippen molar-refractivity contribution >= 4 is 16.9 Å². The van der Waals surface area contributed by atoms with Gasteiger partial charge in [0.05, 0.1) is 0 Å². The molecule has 0 fully saturated rings. The third kappa shape index (κ3) is 3.47. The fourth-order valence-corrected chi connectivity index (χ4v) is 3.98. The molecule has 0 saturated heterocycles. The Labute approximate surface area is 174 Å². The number of imidazole rings is 2. The molecule has 0 amide bonds. The lowest BCUT2D eigenvalue weighted by Gasteiger charge is -2.08. The number of fused-ring (bicyclic) bond motifs is 3. The number of aromatic nitrogens is 5. The zero-order chi connectivity index (χ0) is 21.3. The zero-order valence-electron chi connectivity index (χ0n) is 17.7. The quantitative estimate of drug-likeness (QED) is 0.418. The highest BCUT2D eigenvalue weighted by molar-refractivity contribution is 5.75. The van der Waals surface area contributed by atoms with Crippen LogP contribution in [0.5, 0.6) is 0 Å². The van der Waals surface area contributed by atoms with Crippen LogP contribution in [0.1, 0.15) is 24.1 Å². The minimum Gasteiger partial charge on any atom is -0.385 e. The first-order chi connectivity index (χ1) is 14.5. The fourth-order valence-electron chi connectivity index (χ4n) is 3.98. The molecule has 8 heteroatoms. The van der Waals surface area contributed by atoms with E-state index in [4.69, 9.17) is 4.74 Å². The van der Waals surface area contributed by atoms with Gasteiger partial charge in [-0.05, 0) is 31.7 Å². The molecule has 0 aliphatic heterocycles. The topological polar surface area (TPSA) is 75.5 Å².